The number of hydrogen-bond donors (Lipinski definition) is 2. The van der Waals surface area contributed by atoms with Gasteiger partial charge in [-0.1, -0.05) is 72.8 Å². The Morgan fingerprint density at radius 2 is 1.52 bits per heavy atom. The first-order valence-electron chi connectivity index (χ1n) is 11.5. The van der Waals surface area contributed by atoms with Crippen LogP contribution in [0.15, 0.2) is 72.8 Å². The van der Waals surface area contributed by atoms with Gasteiger partial charge >= 0.3 is 12.1 Å². The predicted octanol–water partition coefficient (Wildman–Crippen LogP) is 5.49. The van der Waals surface area contributed by atoms with Gasteiger partial charge in [0.1, 0.15) is 12.6 Å². The summed E-state index contributed by atoms with van der Waals surface area (Å²) in [5, 5.41) is 12.4. The molecule has 0 spiro atoms. The van der Waals surface area contributed by atoms with Gasteiger partial charge in [0.15, 0.2) is 0 Å². The molecule has 3 aromatic rings. The van der Waals surface area contributed by atoms with Crippen LogP contribution in [0.1, 0.15) is 53.4 Å². The molecule has 0 saturated heterocycles. The van der Waals surface area contributed by atoms with E-state index in [-0.39, 0.29) is 18.4 Å². The van der Waals surface area contributed by atoms with Crippen molar-refractivity contribution >= 4 is 12.1 Å². The molecule has 5 heteroatoms. The average molecular weight is 442 g/mol. The quantitative estimate of drug-likeness (QED) is 0.530. The highest BCUT2D eigenvalue weighted by atomic mass is 16.5. The summed E-state index contributed by atoms with van der Waals surface area (Å²) >= 11 is 0. The number of rotatable bonds is 6. The third kappa shape index (κ3) is 4.23. The molecule has 3 aromatic carbocycles. The van der Waals surface area contributed by atoms with Crippen molar-refractivity contribution in [1.82, 2.24) is 5.32 Å². The van der Waals surface area contributed by atoms with Gasteiger partial charge < -0.3 is 15.2 Å². The van der Waals surface area contributed by atoms with Gasteiger partial charge in [-0.05, 0) is 65.0 Å². The molecule has 2 aliphatic rings. The fraction of sp³-hybridized carbons (Fsp3) is 0.286. The second kappa shape index (κ2) is 9.10. The Morgan fingerprint density at radius 3 is 2.18 bits per heavy atom. The summed E-state index contributed by atoms with van der Waals surface area (Å²) in [6.07, 6.45) is 2.64. The summed E-state index contributed by atoms with van der Waals surface area (Å²) < 4.78 is 5.57. The minimum Gasteiger partial charge on any atom is -0.480 e. The lowest BCUT2D eigenvalue weighted by Crippen LogP contribution is -2.42. The number of aliphatic carboxylic acids is 1. The van der Waals surface area contributed by atoms with Crippen molar-refractivity contribution in [3.8, 4) is 11.1 Å². The Labute approximate surface area is 193 Å². The van der Waals surface area contributed by atoms with Crippen LogP contribution in [0, 0.1) is 0 Å². The van der Waals surface area contributed by atoms with Crippen LogP contribution in [0.5, 0.6) is 0 Å². The molecule has 0 fully saturated rings. The molecule has 5 rings (SSSR count). The van der Waals surface area contributed by atoms with Crippen LogP contribution in [-0.4, -0.2) is 29.8 Å². The zero-order valence-electron chi connectivity index (χ0n) is 18.4. The number of fused-ring (bicyclic) bond motifs is 4. The Morgan fingerprint density at radius 1 is 0.909 bits per heavy atom. The second-order valence-electron chi connectivity index (χ2n) is 8.88. The zero-order valence-corrected chi connectivity index (χ0v) is 18.4. The van der Waals surface area contributed by atoms with Crippen molar-refractivity contribution < 1.29 is 19.4 Å². The Kier molecular flexibility index (Phi) is 5.86. The lowest BCUT2D eigenvalue weighted by atomic mass is 9.79. The number of carbonyl (C=O) groups is 2. The molecule has 5 nitrogen and oxygen atoms in total. The topological polar surface area (TPSA) is 75.6 Å². The molecule has 2 unspecified atom stereocenters. The molecular weight excluding hydrogens is 414 g/mol. The monoisotopic (exact) mass is 441 g/mol. The van der Waals surface area contributed by atoms with Crippen molar-refractivity contribution in [1.29, 1.82) is 0 Å². The third-order valence-electron chi connectivity index (χ3n) is 6.95. The van der Waals surface area contributed by atoms with E-state index in [2.05, 4.69) is 41.7 Å². The van der Waals surface area contributed by atoms with E-state index in [0.717, 1.165) is 41.5 Å². The van der Waals surface area contributed by atoms with Gasteiger partial charge in [0.25, 0.3) is 0 Å². The van der Waals surface area contributed by atoms with Gasteiger partial charge in [-0.2, -0.15) is 0 Å². The number of amides is 1. The zero-order chi connectivity index (χ0) is 22.8. The van der Waals surface area contributed by atoms with Crippen LogP contribution in [0.3, 0.4) is 0 Å². The SMILES string of the molecule is O=C(NC(CC1CCCc2ccccc21)C(=O)O)OCC1c2ccccc2-c2ccccc21. The minimum absolute atomic E-state index is 0.0587. The summed E-state index contributed by atoms with van der Waals surface area (Å²) in [6, 6.07) is 23.5. The number of carboxylic acids is 1. The molecular formula is C28H27NO4. The van der Waals surface area contributed by atoms with Crippen LogP contribution in [0.4, 0.5) is 4.79 Å². The molecule has 0 heterocycles. The van der Waals surface area contributed by atoms with Gasteiger partial charge in [-0.15, -0.1) is 0 Å². The van der Waals surface area contributed by atoms with E-state index in [4.69, 9.17) is 4.74 Å². The van der Waals surface area contributed by atoms with Crippen LogP contribution >= 0.6 is 0 Å². The number of aryl methyl sites for hydroxylation is 1. The number of hydrogen-bond acceptors (Lipinski definition) is 3. The first-order valence-corrected chi connectivity index (χ1v) is 11.5. The van der Waals surface area contributed by atoms with Crippen molar-refractivity contribution in [2.24, 2.45) is 0 Å². The first kappa shape index (κ1) is 21.3. The van der Waals surface area contributed by atoms with Gasteiger partial charge in [0.05, 0.1) is 0 Å². The minimum atomic E-state index is -1.04. The highest BCUT2D eigenvalue weighted by Gasteiger charge is 2.31. The fourth-order valence-corrected chi connectivity index (χ4v) is 5.39. The molecule has 0 aromatic heterocycles. The Hall–Kier alpha value is -3.60. The largest absolute Gasteiger partial charge is 0.480 e. The second-order valence-corrected chi connectivity index (χ2v) is 8.88. The molecule has 2 atom stereocenters. The van der Waals surface area contributed by atoms with E-state index in [1.807, 2.05) is 36.4 Å². The van der Waals surface area contributed by atoms with E-state index in [9.17, 15) is 14.7 Å². The summed E-state index contributed by atoms with van der Waals surface area (Å²) in [7, 11) is 0. The van der Waals surface area contributed by atoms with E-state index in [0.29, 0.717) is 6.42 Å². The molecule has 0 aliphatic heterocycles. The smallest absolute Gasteiger partial charge is 0.407 e. The van der Waals surface area contributed by atoms with Crippen LogP contribution in [-0.2, 0) is 16.0 Å². The number of ether oxygens (including phenoxy) is 1. The highest BCUT2D eigenvalue weighted by Crippen LogP contribution is 2.44. The number of alkyl carbamates (subject to hydrolysis) is 1. The summed E-state index contributed by atoms with van der Waals surface area (Å²) in [4.78, 5) is 24.6. The normalized spacial score (nSPS) is 17.4. The first-order chi connectivity index (χ1) is 16.1. The molecule has 2 aliphatic carbocycles. The number of carbonyl (C=O) groups excluding carboxylic acids is 1. The highest BCUT2D eigenvalue weighted by molar-refractivity contribution is 5.81. The average Bonchev–Trinajstić information content (AvgIpc) is 3.16. The molecule has 2 N–H and O–H groups in total. The van der Waals surface area contributed by atoms with Crippen molar-refractivity contribution in [2.45, 2.75) is 43.6 Å². The molecule has 0 saturated carbocycles. The summed E-state index contributed by atoms with van der Waals surface area (Å²) in [5.41, 5.74) is 7.03. The summed E-state index contributed by atoms with van der Waals surface area (Å²) in [6.45, 7) is 0.165. The lowest BCUT2D eigenvalue weighted by Gasteiger charge is -2.28. The van der Waals surface area contributed by atoms with Gasteiger partial charge in [0.2, 0.25) is 0 Å². The Balaban J connectivity index is 1.26. The van der Waals surface area contributed by atoms with Gasteiger partial charge in [-0.25, -0.2) is 9.59 Å². The molecule has 168 valence electrons. The fourth-order valence-electron chi connectivity index (χ4n) is 5.39. The molecule has 1 amide bonds. The maximum absolute atomic E-state index is 12.6. The lowest BCUT2D eigenvalue weighted by molar-refractivity contribution is -0.139. The number of carboxylic acid groups (broad SMARTS) is 1. The van der Waals surface area contributed by atoms with E-state index < -0.39 is 18.1 Å². The molecule has 0 bridgehead atoms. The van der Waals surface area contributed by atoms with Crippen molar-refractivity contribution in [3.05, 3.63) is 95.1 Å². The van der Waals surface area contributed by atoms with E-state index in [1.54, 1.807) is 0 Å². The maximum Gasteiger partial charge on any atom is 0.407 e. The predicted molar refractivity (Wildman–Crippen MR) is 126 cm³/mol. The van der Waals surface area contributed by atoms with Crippen LogP contribution in [0.2, 0.25) is 0 Å². The maximum atomic E-state index is 12.6. The Bertz CT molecular complexity index is 1140. The molecule has 33 heavy (non-hydrogen) atoms. The number of benzene rings is 3. The summed E-state index contributed by atoms with van der Waals surface area (Å²) in [5.74, 6) is -0.979. The van der Waals surface area contributed by atoms with Crippen molar-refractivity contribution in [2.75, 3.05) is 6.61 Å². The van der Waals surface area contributed by atoms with E-state index in [1.165, 1.54) is 11.1 Å². The third-order valence-corrected chi connectivity index (χ3v) is 6.95. The van der Waals surface area contributed by atoms with E-state index >= 15 is 0 Å². The number of nitrogens with one attached hydrogen (secondary N) is 1. The van der Waals surface area contributed by atoms with Gasteiger partial charge in [0, 0.05) is 5.92 Å². The standard InChI is InChI=1S/C28H27NO4/c30-27(31)26(16-19-10-7-9-18-8-1-2-11-20(18)19)29-28(32)33-17-25-23-14-5-3-12-21(23)22-13-4-6-15-24(22)25/h1-6,8,11-15,19,25-26H,7,9-10,16-17H2,(H,29,32)(H,30,31). The van der Waals surface area contributed by atoms with Crippen LogP contribution in [0.25, 0.3) is 11.1 Å². The van der Waals surface area contributed by atoms with Crippen LogP contribution < -0.4 is 5.32 Å². The molecule has 0 radical (unpaired) electrons. The van der Waals surface area contributed by atoms with Gasteiger partial charge in [-0.3, -0.25) is 0 Å². The van der Waals surface area contributed by atoms with Crippen molar-refractivity contribution in [3.63, 3.8) is 0 Å².